The molecule has 0 saturated carbocycles. The predicted molar refractivity (Wildman–Crippen MR) is 73.3 cm³/mol. The minimum Gasteiger partial charge on any atom is -0.394 e. The number of halogens is 3. The molecule has 120 valence electrons. The molecule has 3 rings (SSSR count). The summed E-state index contributed by atoms with van der Waals surface area (Å²) in [6, 6.07) is 2.74. The van der Waals surface area contributed by atoms with Gasteiger partial charge in [0.05, 0.1) is 36.4 Å². The summed E-state index contributed by atoms with van der Waals surface area (Å²) >= 11 is 0. The molecule has 1 aliphatic rings. The van der Waals surface area contributed by atoms with E-state index in [1.54, 1.807) is 13.0 Å². The molecule has 1 saturated heterocycles. The first-order valence-electron chi connectivity index (χ1n) is 6.83. The number of benzene rings is 1. The molecule has 0 radical (unpaired) electrons. The summed E-state index contributed by atoms with van der Waals surface area (Å²) in [5.74, 6) is 0.435. The topological polar surface area (TPSA) is 70.2 Å². The van der Waals surface area contributed by atoms with Gasteiger partial charge >= 0.3 is 6.18 Å². The van der Waals surface area contributed by atoms with Crippen LogP contribution in [0.1, 0.15) is 17.0 Å². The van der Waals surface area contributed by atoms with Gasteiger partial charge in [-0.3, -0.25) is 0 Å². The van der Waals surface area contributed by atoms with E-state index in [1.165, 1.54) is 0 Å². The molecule has 0 aliphatic carbocycles. The molecule has 2 aromatic rings. The van der Waals surface area contributed by atoms with E-state index in [-0.39, 0.29) is 18.7 Å². The van der Waals surface area contributed by atoms with Crippen molar-refractivity contribution in [2.75, 3.05) is 19.8 Å². The molecule has 0 spiro atoms. The largest absolute Gasteiger partial charge is 0.418 e. The molecule has 3 N–H and O–H groups in total. The van der Waals surface area contributed by atoms with Crippen LogP contribution in [0, 0.1) is 6.92 Å². The number of alkyl halides is 3. The van der Waals surface area contributed by atoms with E-state index in [4.69, 9.17) is 4.74 Å². The third-order valence-electron chi connectivity index (χ3n) is 3.80. The fourth-order valence-electron chi connectivity index (χ4n) is 2.51. The van der Waals surface area contributed by atoms with Gasteiger partial charge in [0.25, 0.3) is 0 Å². The lowest BCUT2D eigenvalue weighted by Gasteiger charge is -2.40. The van der Waals surface area contributed by atoms with Crippen molar-refractivity contribution in [2.24, 2.45) is 0 Å². The molecular weight excluding hydrogens is 299 g/mol. The molecule has 5 nitrogen and oxygen atoms in total. The Kier molecular flexibility index (Phi) is 3.62. The van der Waals surface area contributed by atoms with Gasteiger partial charge in [0, 0.05) is 6.54 Å². The van der Waals surface area contributed by atoms with Gasteiger partial charge in [-0.15, -0.1) is 0 Å². The summed E-state index contributed by atoms with van der Waals surface area (Å²) in [5.41, 5.74) is -0.557. The van der Waals surface area contributed by atoms with Crippen LogP contribution < -0.4 is 5.32 Å². The molecule has 8 heteroatoms. The molecular formula is C14H16F3N3O2. The van der Waals surface area contributed by atoms with Crippen molar-refractivity contribution >= 4 is 11.0 Å². The minimum absolute atomic E-state index is 0.0717. The van der Waals surface area contributed by atoms with E-state index in [9.17, 15) is 18.3 Å². The molecule has 0 bridgehead atoms. The van der Waals surface area contributed by atoms with Gasteiger partial charge in [-0.05, 0) is 24.6 Å². The second-order valence-electron chi connectivity index (χ2n) is 5.64. The standard InChI is InChI=1S/C14H16F3N3O2/c1-8-19-11-3-9(4-18-13(5-21)6-22-7-13)2-10(12(11)20-8)14(15,16)17/h2-3,18,21H,4-7H2,1H3,(H,19,20). The van der Waals surface area contributed by atoms with Crippen molar-refractivity contribution < 1.29 is 23.0 Å². The Morgan fingerprint density at radius 3 is 2.68 bits per heavy atom. The average Bonchev–Trinajstić information content (AvgIpc) is 2.75. The number of aryl methyl sites for hydroxylation is 1. The van der Waals surface area contributed by atoms with Crippen molar-refractivity contribution in [3.8, 4) is 0 Å². The van der Waals surface area contributed by atoms with Crippen LogP contribution in [0.3, 0.4) is 0 Å². The van der Waals surface area contributed by atoms with Crippen molar-refractivity contribution in [3.05, 3.63) is 29.1 Å². The van der Waals surface area contributed by atoms with Gasteiger partial charge < -0.3 is 20.1 Å². The summed E-state index contributed by atoms with van der Waals surface area (Å²) in [4.78, 5) is 6.75. The zero-order valence-corrected chi connectivity index (χ0v) is 11.9. The zero-order chi connectivity index (χ0) is 16.0. The van der Waals surface area contributed by atoms with Crippen LogP contribution >= 0.6 is 0 Å². The van der Waals surface area contributed by atoms with Crippen LogP contribution in [0.5, 0.6) is 0 Å². The average molecular weight is 315 g/mol. The Balaban J connectivity index is 1.93. The maximum absolute atomic E-state index is 13.2. The number of hydrogen-bond acceptors (Lipinski definition) is 4. The first kappa shape index (κ1) is 15.3. The number of aromatic amines is 1. The maximum atomic E-state index is 13.2. The van der Waals surface area contributed by atoms with E-state index in [0.29, 0.717) is 30.1 Å². The number of fused-ring (bicyclic) bond motifs is 1. The first-order valence-corrected chi connectivity index (χ1v) is 6.83. The molecule has 2 heterocycles. The van der Waals surface area contributed by atoms with Crippen LogP contribution in [-0.2, 0) is 17.5 Å². The number of H-pyrrole nitrogens is 1. The molecule has 1 aliphatic heterocycles. The SMILES string of the molecule is Cc1nc2c(C(F)(F)F)cc(CNC3(CO)COC3)cc2[nH]1. The molecule has 1 aromatic heterocycles. The number of hydrogen-bond donors (Lipinski definition) is 3. The van der Waals surface area contributed by atoms with Gasteiger partial charge in [-0.25, -0.2) is 4.98 Å². The summed E-state index contributed by atoms with van der Waals surface area (Å²) in [6.07, 6.45) is -4.47. The van der Waals surface area contributed by atoms with Crippen LogP contribution in [0.15, 0.2) is 12.1 Å². The highest BCUT2D eigenvalue weighted by atomic mass is 19.4. The minimum atomic E-state index is -4.47. The van der Waals surface area contributed by atoms with E-state index < -0.39 is 17.3 Å². The van der Waals surface area contributed by atoms with E-state index >= 15 is 0 Å². The van der Waals surface area contributed by atoms with Gasteiger partial charge in [0.15, 0.2) is 0 Å². The molecule has 0 atom stereocenters. The van der Waals surface area contributed by atoms with Crippen LogP contribution in [0.25, 0.3) is 11.0 Å². The van der Waals surface area contributed by atoms with Crippen LogP contribution in [0.4, 0.5) is 13.2 Å². The first-order chi connectivity index (χ1) is 10.3. The van der Waals surface area contributed by atoms with Crippen molar-refractivity contribution in [1.29, 1.82) is 0 Å². The number of imidazole rings is 1. The van der Waals surface area contributed by atoms with Crippen LogP contribution in [-0.4, -0.2) is 40.4 Å². The lowest BCUT2D eigenvalue weighted by atomic mass is 9.98. The Morgan fingerprint density at radius 2 is 2.14 bits per heavy atom. The quantitative estimate of drug-likeness (QED) is 0.804. The lowest BCUT2D eigenvalue weighted by molar-refractivity contribution is -0.136. The Hall–Kier alpha value is -1.64. The number of aliphatic hydroxyl groups excluding tert-OH is 1. The normalized spacial score (nSPS) is 17.7. The smallest absolute Gasteiger partial charge is 0.394 e. The van der Waals surface area contributed by atoms with Crippen LogP contribution in [0.2, 0.25) is 0 Å². The molecule has 1 fully saturated rings. The summed E-state index contributed by atoms with van der Waals surface area (Å²) in [5, 5.41) is 12.4. The summed E-state index contributed by atoms with van der Waals surface area (Å²) < 4.78 is 44.6. The van der Waals surface area contributed by atoms with Crippen molar-refractivity contribution in [2.45, 2.75) is 25.2 Å². The number of nitrogens with one attached hydrogen (secondary N) is 2. The van der Waals surface area contributed by atoms with Gasteiger partial charge in [-0.1, -0.05) is 0 Å². The number of aliphatic hydroxyl groups is 1. The molecule has 0 unspecified atom stereocenters. The number of rotatable bonds is 4. The van der Waals surface area contributed by atoms with E-state index in [2.05, 4.69) is 15.3 Å². The third kappa shape index (κ3) is 2.69. The molecule has 1 aromatic carbocycles. The van der Waals surface area contributed by atoms with Crippen molar-refractivity contribution in [1.82, 2.24) is 15.3 Å². The number of aromatic nitrogens is 2. The highest BCUT2D eigenvalue weighted by molar-refractivity contribution is 5.80. The van der Waals surface area contributed by atoms with Gasteiger partial charge in [-0.2, -0.15) is 13.2 Å². The summed E-state index contributed by atoms with van der Waals surface area (Å²) in [6.45, 7) is 2.40. The number of nitrogens with zero attached hydrogens (tertiary/aromatic N) is 1. The Bertz CT molecular complexity index is 687. The Morgan fingerprint density at radius 1 is 1.41 bits per heavy atom. The molecule has 0 amide bonds. The van der Waals surface area contributed by atoms with Gasteiger partial charge in [0.2, 0.25) is 0 Å². The van der Waals surface area contributed by atoms with Crippen molar-refractivity contribution in [3.63, 3.8) is 0 Å². The zero-order valence-electron chi connectivity index (χ0n) is 11.9. The highest BCUT2D eigenvalue weighted by Gasteiger charge is 2.38. The Labute approximate surface area is 124 Å². The second-order valence-corrected chi connectivity index (χ2v) is 5.64. The van der Waals surface area contributed by atoms with Gasteiger partial charge in [0.1, 0.15) is 11.3 Å². The van der Waals surface area contributed by atoms with E-state index in [0.717, 1.165) is 6.07 Å². The predicted octanol–water partition coefficient (Wildman–Crippen LogP) is 1.74. The monoisotopic (exact) mass is 315 g/mol. The fraction of sp³-hybridized carbons (Fsp3) is 0.500. The summed E-state index contributed by atoms with van der Waals surface area (Å²) in [7, 11) is 0. The lowest BCUT2D eigenvalue weighted by Crippen LogP contribution is -2.62. The maximum Gasteiger partial charge on any atom is 0.418 e. The third-order valence-corrected chi connectivity index (χ3v) is 3.80. The fourth-order valence-corrected chi connectivity index (χ4v) is 2.51. The highest BCUT2D eigenvalue weighted by Crippen LogP contribution is 2.35. The number of ether oxygens (including phenoxy) is 1. The van der Waals surface area contributed by atoms with E-state index in [1.807, 2.05) is 0 Å². The second kappa shape index (κ2) is 5.22. The molecule has 22 heavy (non-hydrogen) atoms.